The summed E-state index contributed by atoms with van der Waals surface area (Å²) in [7, 11) is 0. The molecule has 6 rings (SSSR count). The summed E-state index contributed by atoms with van der Waals surface area (Å²) < 4.78 is 2.96. The summed E-state index contributed by atoms with van der Waals surface area (Å²) in [5.41, 5.74) is 4.87. The maximum atomic E-state index is 13.6. The van der Waals surface area contributed by atoms with Crippen LogP contribution in [0.1, 0.15) is 30.1 Å². The lowest BCUT2D eigenvalue weighted by molar-refractivity contribution is -0.119. The third kappa shape index (κ3) is 4.04. The van der Waals surface area contributed by atoms with Gasteiger partial charge in [-0.15, -0.1) is 0 Å². The molecule has 0 spiro atoms. The van der Waals surface area contributed by atoms with E-state index in [1.54, 1.807) is 0 Å². The molecule has 1 saturated heterocycles. The minimum Gasteiger partial charge on any atom is -0.318 e. The second-order valence-electron chi connectivity index (χ2n) is 9.21. The topological polar surface area (TPSA) is 58.4 Å². The molecule has 1 fully saturated rings. The molecule has 6 nitrogen and oxygen atoms in total. The summed E-state index contributed by atoms with van der Waals surface area (Å²) in [4.78, 5) is 35.3. The van der Waals surface area contributed by atoms with Crippen LogP contribution in [-0.4, -0.2) is 34.5 Å². The van der Waals surface area contributed by atoms with Crippen molar-refractivity contribution in [3.05, 3.63) is 88.7 Å². The Bertz CT molecular complexity index is 1450. The number of aromatic nitrogens is 2. The van der Waals surface area contributed by atoms with Gasteiger partial charge in [0.25, 0.3) is 0 Å². The van der Waals surface area contributed by atoms with Crippen LogP contribution in [0.25, 0.3) is 11.0 Å². The summed E-state index contributed by atoms with van der Waals surface area (Å²) in [6, 6.07) is 23.9. The number of hydrogen-bond donors (Lipinski definition) is 0. The monoisotopic (exact) mass is 528 g/mol. The van der Waals surface area contributed by atoms with Crippen molar-refractivity contribution < 1.29 is 9.59 Å². The number of para-hydroxylation sites is 3. The van der Waals surface area contributed by atoms with Gasteiger partial charge in [0.05, 0.1) is 11.0 Å². The molecule has 2 aliphatic heterocycles. The van der Waals surface area contributed by atoms with Crippen molar-refractivity contribution in [2.24, 2.45) is 0 Å². The Morgan fingerprint density at radius 1 is 1.03 bits per heavy atom. The van der Waals surface area contributed by atoms with Gasteiger partial charge in [0.1, 0.15) is 12.4 Å². The van der Waals surface area contributed by atoms with Crippen LogP contribution >= 0.6 is 15.9 Å². The molecule has 176 valence electrons. The Morgan fingerprint density at radius 2 is 1.86 bits per heavy atom. The number of imidazole rings is 1. The molecule has 4 aromatic rings. The fraction of sp³-hybridized carbons (Fsp3) is 0.250. The third-order valence-electron chi connectivity index (χ3n) is 7.00. The van der Waals surface area contributed by atoms with E-state index in [4.69, 9.17) is 4.98 Å². The maximum absolute atomic E-state index is 13.6. The molecule has 1 unspecified atom stereocenters. The average Bonchev–Trinajstić information content (AvgIpc) is 3.44. The Balaban J connectivity index is 1.34. The average molecular weight is 529 g/mol. The van der Waals surface area contributed by atoms with Gasteiger partial charge in [-0.1, -0.05) is 52.3 Å². The second kappa shape index (κ2) is 8.96. The van der Waals surface area contributed by atoms with E-state index in [0.29, 0.717) is 13.0 Å². The van der Waals surface area contributed by atoms with Crippen LogP contribution in [0.3, 0.4) is 0 Å². The summed E-state index contributed by atoms with van der Waals surface area (Å²) in [6.45, 7) is 1.46. The van der Waals surface area contributed by atoms with Crippen LogP contribution in [-0.2, 0) is 22.6 Å². The standard InChI is InChI=1S/C28H25BrN4O2/c29-21-9-5-10-22(16-21)32-17-20(15-26(32)34)28-30-23-11-2-4-13-25(23)33(28)18-27(35)31-14-6-8-19-7-1-3-12-24(19)31/h1-5,7,9-13,16,20H,6,8,14-15,17-18H2. The smallest absolute Gasteiger partial charge is 0.246 e. The van der Waals surface area contributed by atoms with Crippen molar-refractivity contribution in [3.8, 4) is 0 Å². The van der Waals surface area contributed by atoms with Crippen LogP contribution in [0.4, 0.5) is 11.4 Å². The Morgan fingerprint density at radius 3 is 2.74 bits per heavy atom. The number of anilines is 2. The summed E-state index contributed by atoms with van der Waals surface area (Å²) in [5.74, 6) is 0.837. The summed E-state index contributed by atoms with van der Waals surface area (Å²) in [5, 5.41) is 0. The normalized spacial score (nSPS) is 17.7. The first-order valence-electron chi connectivity index (χ1n) is 12.0. The molecule has 3 aromatic carbocycles. The van der Waals surface area contributed by atoms with Gasteiger partial charge in [-0.25, -0.2) is 4.98 Å². The maximum Gasteiger partial charge on any atom is 0.246 e. The lowest BCUT2D eigenvalue weighted by atomic mass is 10.0. The molecule has 0 N–H and O–H groups in total. The highest BCUT2D eigenvalue weighted by molar-refractivity contribution is 9.10. The molecule has 3 heterocycles. The van der Waals surface area contributed by atoms with Crippen LogP contribution in [0.15, 0.2) is 77.3 Å². The molecule has 0 radical (unpaired) electrons. The van der Waals surface area contributed by atoms with E-state index in [9.17, 15) is 9.59 Å². The highest BCUT2D eigenvalue weighted by Gasteiger charge is 2.35. The van der Waals surface area contributed by atoms with E-state index in [1.807, 2.05) is 81.1 Å². The summed E-state index contributed by atoms with van der Waals surface area (Å²) >= 11 is 3.50. The van der Waals surface area contributed by atoms with Gasteiger partial charge in [0.2, 0.25) is 11.8 Å². The SMILES string of the molecule is O=C1CC(c2nc3ccccc3n2CC(=O)N2CCCc3ccccc32)CN1c1cccc(Br)c1. The van der Waals surface area contributed by atoms with Gasteiger partial charge in [-0.3, -0.25) is 9.59 Å². The number of amides is 2. The Hall–Kier alpha value is -3.45. The zero-order valence-electron chi connectivity index (χ0n) is 19.2. The van der Waals surface area contributed by atoms with Crippen molar-refractivity contribution in [2.45, 2.75) is 31.7 Å². The number of hydrogen-bond acceptors (Lipinski definition) is 3. The number of benzene rings is 3. The highest BCUT2D eigenvalue weighted by atomic mass is 79.9. The molecule has 2 amide bonds. The first-order chi connectivity index (χ1) is 17.1. The molecule has 35 heavy (non-hydrogen) atoms. The van der Waals surface area contributed by atoms with Crippen LogP contribution < -0.4 is 9.80 Å². The minimum atomic E-state index is -0.0877. The number of halogens is 1. The number of carbonyl (C=O) groups is 2. The van der Waals surface area contributed by atoms with Gasteiger partial charge < -0.3 is 14.4 Å². The number of nitrogens with zero attached hydrogens (tertiary/aromatic N) is 4. The molecular weight excluding hydrogens is 504 g/mol. The first-order valence-corrected chi connectivity index (χ1v) is 12.8. The number of aryl methyl sites for hydroxylation is 1. The largest absolute Gasteiger partial charge is 0.318 e. The van der Waals surface area contributed by atoms with Crippen molar-refractivity contribution in [1.29, 1.82) is 0 Å². The second-order valence-corrected chi connectivity index (χ2v) is 10.1. The predicted octanol–water partition coefficient (Wildman–Crippen LogP) is 5.30. The van der Waals surface area contributed by atoms with E-state index in [1.165, 1.54) is 5.56 Å². The zero-order chi connectivity index (χ0) is 23.9. The minimum absolute atomic E-state index is 0.0507. The molecule has 7 heteroatoms. The molecular formula is C28H25BrN4O2. The fourth-order valence-corrected chi connectivity index (χ4v) is 5.75. The quantitative estimate of drug-likeness (QED) is 0.361. The van der Waals surface area contributed by atoms with E-state index < -0.39 is 0 Å². The molecule has 0 saturated carbocycles. The molecule has 2 aliphatic rings. The van der Waals surface area contributed by atoms with Gasteiger partial charge >= 0.3 is 0 Å². The molecule has 1 atom stereocenters. The van der Waals surface area contributed by atoms with Crippen LogP contribution in [0, 0.1) is 0 Å². The first kappa shape index (κ1) is 22.0. The van der Waals surface area contributed by atoms with Crippen molar-refractivity contribution in [1.82, 2.24) is 9.55 Å². The van der Waals surface area contributed by atoms with Gasteiger partial charge in [0, 0.05) is 41.3 Å². The fourth-order valence-electron chi connectivity index (χ4n) is 5.36. The van der Waals surface area contributed by atoms with Crippen molar-refractivity contribution in [3.63, 3.8) is 0 Å². The van der Waals surface area contributed by atoms with E-state index in [-0.39, 0.29) is 24.3 Å². The Kier molecular flexibility index (Phi) is 5.65. The molecule has 1 aromatic heterocycles. The zero-order valence-corrected chi connectivity index (χ0v) is 20.8. The predicted molar refractivity (Wildman–Crippen MR) is 141 cm³/mol. The van der Waals surface area contributed by atoms with Crippen molar-refractivity contribution >= 4 is 50.2 Å². The van der Waals surface area contributed by atoms with E-state index >= 15 is 0 Å². The number of rotatable bonds is 4. The van der Waals surface area contributed by atoms with E-state index in [2.05, 4.69) is 22.0 Å². The number of carbonyl (C=O) groups excluding carboxylic acids is 2. The lowest BCUT2D eigenvalue weighted by Gasteiger charge is -2.30. The van der Waals surface area contributed by atoms with Gasteiger partial charge in [0.15, 0.2) is 0 Å². The Labute approximate surface area is 212 Å². The highest BCUT2D eigenvalue weighted by Crippen LogP contribution is 2.34. The molecule has 0 bridgehead atoms. The molecule has 0 aliphatic carbocycles. The third-order valence-corrected chi connectivity index (χ3v) is 7.49. The number of fused-ring (bicyclic) bond motifs is 2. The van der Waals surface area contributed by atoms with Crippen LogP contribution in [0.5, 0.6) is 0 Å². The van der Waals surface area contributed by atoms with Crippen LogP contribution in [0.2, 0.25) is 0 Å². The van der Waals surface area contributed by atoms with Crippen molar-refractivity contribution in [2.75, 3.05) is 22.9 Å². The van der Waals surface area contributed by atoms with Gasteiger partial charge in [-0.05, 0) is 54.8 Å². The summed E-state index contributed by atoms with van der Waals surface area (Å²) in [6.07, 6.45) is 2.32. The lowest BCUT2D eigenvalue weighted by Crippen LogP contribution is -2.38. The van der Waals surface area contributed by atoms with Gasteiger partial charge in [-0.2, -0.15) is 0 Å². The van der Waals surface area contributed by atoms with E-state index in [0.717, 1.165) is 52.1 Å².